The first kappa shape index (κ1) is 41.6. The number of carbonyl (C=O) groups is 1. The molecule has 6 unspecified atom stereocenters. The quantitative estimate of drug-likeness (QED) is 0.0631. The van der Waals surface area contributed by atoms with Crippen LogP contribution in [0.25, 0.3) is 0 Å². The van der Waals surface area contributed by atoms with E-state index in [2.05, 4.69) is 36.0 Å². The van der Waals surface area contributed by atoms with Crippen molar-refractivity contribution in [3.05, 3.63) is 78.4 Å². The van der Waals surface area contributed by atoms with Gasteiger partial charge in [-0.1, -0.05) is 69.1 Å². The van der Waals surface area contributed by atoms with Crippen molar-refractivity contribution in [1.29, 1.82) is 0 Å². The molecule has 2 aromatic carbocycles. The summed E-state index contributed by atoms with van der Waals surface area (Å²) in [6.45, 7) is 11.3. The normalized spacial score (nSPS) is 25.1. The van der Waals surface area contributed by atoms with E-state index in [1.165, 1.54) is 4.90 Å². The van der Waals surface area contributed by atoms with Crippen LogP contribution in [0.2, 0.25) is 0 Å². The summed E-state index contributed by atoms with van der Waals surface area (Å²) in [6.07, 6.45) is 8.73. The molecule has 1 fully saturated rings. The van der Waals surface area contributed by atoms with Crippen LogP contribution < -0.4 is 9.47 Å². The monoisotopic (exact) mass is 764 g/mol. The fourth-order valence-corrected chi connectivity index (χ4v) is 9.02. The number of oxime groups is 1. The Bertz CT molecular complexity index is 1590. The minimum Gasteiger partial charge on any atom is -0.493 e. The number of amides is 1. The Labute approximate surface area is 325 Å². The Kier molecular flexibility index (Phi) is 14.9. The summed E-state index contributed by atoms with van der Waals surface area (Å²) < 4.78 is 26.3. The number of nitrogens with zero attached hydrogens (tertiary/aromatic N) is 2. The van der Waals surface area contributed by atoms with E-state index in [0.29, 0.717) is 31.6 Å². The molecule has 5 rings (SSSR count). The number of unbranched alkanes of at least 4 members (excludes halogenated alkanes) is 2. The van der Waals surface area contributed by atoms with Gasteiger partial charge in [0.15, 0.2) is 0 Å². The third kappa shape index (κ3) is 9.83. The van der Waals surface area contributed by atoms with Gasteiger partial charge in [0.25, 0.3) is 0 Å². The third-order valence-electron chi connectivity index (χ3n) is 10.6. The molecule has 296 valence electrons. The van der Waals surface area contributed by atoms with Gasteiger partial charge in [0.05, 0.1) is 31.5 Å². The van der Waals surface area contributed by atoms with Gasteiger partial charge in [0, 0.05) is 48.8 Å². The van der Waals surface area contributed by atoms with Crippen molar-refractivity contribution in [3.63, 3.8) is 0 Å². The van der Waals surface area contributed by atoms with Gasteiger partial charge in [-0.15, -0.1) is 18.3 Å². The molecule has 2 aromatic rings. The van der Waals surface area contributed by atoms with Crippen molar-refractivity contribution >= 4 is 23.6 Å². The lowest BCUT2D eigenvalue weighted by Gasteiger charge is -2.59. The lowest BCUT2D eigenvalue weighted by molar-refractivity contribution is -0.253. The van der Waals surface area contributed by atoms with Gasteiger partial charge in [-0.05, 0) is 78.8 Å². The van der Waals surface area contributed by atoms with E-state index in [1.807, 2.05) is 51.1 Å². The summed E-state index contributed by atoms with van der Waals surface area (Å²) in [6, 6.07) is 15.7. The topological polar surface area (TPSA) is 119 Å². The number of benzene rings is 2. The lowest BCUT2D eigenvalue weighted by Crippen LogP contribution is -2.69. The molecule has 1 amide bonds. The highest BCUT2D eigenvalue weighted by Gasteiger charge is 2.65. The fourth-order valence-electron chi connectivity index (χ4n) is 8.27. The van der Waals surface area contributed by atoms with Gasteiger partial charge in [-0.3, -0.25) is 0 Å². The second kappa shape index (κ2) is 19.4. The van der Waals surface area contributed by atoms with Gasteiger partial charge >= 0.3 is 6.09 Å². The lowest BCUT2D eigenvalue weighted by atomic mass is 9.55. The van der Waals surface area contributed by atoms with Gasteiger partial charge < -0.3 is 38.9 Å². The first-order valence-electron chi connectivity index (χ1n) is 19.4. The maximum atomic E-state index is 13.9. The number of hydrogen-bond acceptors (Lipinski definition) is 10. The van der Waals surface area contributed by atoms with Crippen LogP contribution in [-0.4, -0.2) is 91.7 Å². The molecule has 0 saturated heterocycles. The molecule has 10 nitrogen and oxygen atoms in total. The highest BCUT2D eigenvalue weighted by atomic mass is 32.2. The summed E-state index contributed by atoms with van der Waals surface area (Å²) in [5, 5.41) is 24.2. The summed E-state index contributed by atoms with van der Waals surface area (Å²) >= 11 is 1.75. The minimum absolute atomic E-state index is 0.121. The zero-order chi connectivity index (χ0) is 38.7. The molecule has 0 radical (unpaired) electrons. The Morgan fingerprint density at radius 3 is 2.52 bits per heavy atom. The van der Waals surface area contributed by atoms with Crippen LogP contribution in [0.15, 0.2) is 82.9 Å². The predicted octanol–water partition coefficient (Wildman–Crippen LogP) is 8.24. The zero-order valence-corrected chi connectivity index (χ0v) is 33.5. The van der Waals surface area contributed by atoms with Crippen LogP contribution in [0, 0.1) is 23.2 Å². The first-order chi connectivity index (χ1) is 26.1. The number of thioether (sulfide) groups is 1. The molecule has 11 heteroatoms. The number of allylic oxidation sites excluding steroid dienone is 1. The van der Waals surface area contributed by atoms with E-state index >= 15 is 0 Å². The second-order valence-electron chi connectivity index (χ2n) is 15.7. The molecule has 1 heterocycles. The van der Waals surface area contributed by atoms with E-state index in [4.69, 9.17) is 23.8 Å². The van der Waals surface area contributed by atoms with Crippen LogP contribution in [0.3, 0.4) is 0 Å². The molecule has 6 atom stereocenters. The van der Waals surface area contributed by atoms with Gasteiger partial charge in [-0.25, -0.2) is 4.79 Å². The molecule has 3 aliphatic rings. The highest BCUT2D eigenvalue weighted by Crippen LogP contribution is 2.61. The SMILES string of the molecule is C=CCOC12Oc3ccc(OCCSc4ccccc4)cc3C3C(CCCCO)C(CCCCO)C=C(C(=NOC)CC1N(C)C(=O)OCC(C)(C)C)C32. The maximum Gasteiger partial charge on any atom is 0.410 e. The van der Waals surface area contributed by atoms with Crippen molar-refractivity contribution in [1.82, 2.24) is 4.90 Å². The Balaban J connectivity index is 1.63. The maximum absolute atomic E-state index is 13.9. The number of aliphatic hydroxyl groups is 2. The molecule has 2 N–H and O–H groups in total. The number of fused-ring (bicyclic) bond motifs is 2. The molecule has 1 saturated carbocycles. The Morgan fingerprint density at radius 1 is 1.09 bits per heavy atom. The van der Waals surface area contributed by atoms with Crippen molar-refractivity contribution in [2.24, 2.45) is 28.3 Å². The number of hydrogen-bond donors (Lipinski definition) is 2. The van der Waals surface area contributed by atoms with Crippen LogP contribution in [-0.2, 0) is 14.3 Å². The summed E-state index contributed by atoms with van der Waals surface area (Å²) in [4.78, 5) is 22.2. The van der Waals surface area contributed by atoms with Crippen LogP contribution >= 0.6 is 11.8 Å². The number of ether oxygens (including phenoxy) is 4. The molecule has 54 heavy (non-hydrogen) atoms. The molecule has 0 spiro atoms. The van der Waals surface area contributed by atoms with E-state index in [0.717, 1.165) is 54.0 Å². The number of likely N-dealkylation sites (N-methyl/N-ethyl adjacent to an activating group) is 1. The first-order valence-corrected chi connectivity index (χ1v) is 20.4. The standard InChI is InChI=1S/C43H60N2O8S/c1-7-23-52-43-38(45(5)41(48)51-29-42(2,3)4)28-36(44-49-6)34-26-30(15-11-13-21-46)33(18-12-14-22-47)39(40(34)43)35-27-31(19-20-37(35)53-43)50-24-25-54-32-16-9-8-10-17-32/h7-10,16-17,19-20,26-27,30,33,38-40,46-47H,1,11-15,18,21-25,28-29H2,2-6H3. The number of carbonyl (C=O) groups excluding carboxylic acids is 1. The van der Waals surface area contributed by atoms with Gasteiger partial charge in [0.2, 0.25) is 5.79 Å². The van der Waals surface area contributed by atoms with Crippen molar-refractivity contribution < 1.29 is 38.8 Å². The van der Waals surface area contributed by atoms with Crippen molar-refractivity contribution in [2.75, 3.05) is 52.9 Å². The van der Waals surface area contributed by atoms with Crippen molar-refractivity contribution in [2.45, 2.75) is 88.4 Å². The smallest absolute Gasteiger partial charge is 0.410 e. The average Bonchev–Trinajstić information content (AvgIpc) is 3.16. The average molecular weight is 765 g/mol. The number of rotatable bonds is 19. The van der Waals surface area contributed by atoms with Crippen LogP contribution in [0.4, 0.5) is 4.79 Å². The molecular formula is C43H60N2O8S. The minimum atomic E-state index is -1.32. The molecule has 2 aliphatic carbocycles. The van der Waals surface area contributed by atoms with E-state index < -0.39 is 17.9 Å². The van der Waals surface area contributed by atoms with Gasteiger partial charge in [0.1, 0.15) is 24.7 Å². The summed E-state index contributed by atoms with van der Waals surface area (Å²) in [5.41, 5.74) is 2.53. The Morgan fingerprint density at radius 2 is 1.83 bits per heavy atom. The van der Waals surface area contributed by atoms with Crippen LogP contribution in [0.5, 0.6) is 11.5 Å². The molecule has 1 aliphatic heterocycles. The fraction of sp³-hybridized carbons (Fsp3) is 0.581. The second-order valence-corrected chi connectivity index (χ2v) is 16.9. The largest absolute Gasteiger partial charge is 0.493 e. The van der Waals surface area contributed by atoms with Crippen LogP contribution in [0.1, 0.15) is 77.2 Å². The van der Waals surface area contributed by atoms with Gasteiger partial charge in [-0.2, -0.15) is 0 Å². The van der Waals surface area contributed by atoms with Crippen molar-refractivity contribution in [3.8, 4) is 11.5 Å². The third-order valence-corrected chi connectivity index (χ3v) is 11.6. The molecule has 0 bridgehead atoms. The number of aliphatic hydroxyl groups excluding tert-OH is 2. The highest BCUT2D eigenvalue weighted by molar-refractivity contribution is 7.99. The molecular weight excluding hydrogens is 705 g/mol. The predicted molar refractivity (Wildman–Crippen MR) is 213 cm³/mol. The Hall–Kier alpha value is -3.51. The molecule has 0 aromatic heterocycles. The summed E-state index contributed by atoms with van der Waals surface area (Å²) in [5.74, 6) is 0.686. The summed E-state index contributed by atoms with van der Waals surface area (Å²) in [7, 11) is 3.29. The van der Waals surface area contributed by atoms with E-state index in [-0.39, 0.29) is 55.5 Å². The zero-order valence-electron chi connectivity index (χ0n) is 32.7. The van der Waals surface area contributed by atoms with E-state index in [1.54, 1.807) is 36.9 Å². The van der Waals surface area contributed by atoms with E-state index in [9.17, 15) is 15.0 Å².